The van der Waals surface area contributed by atoms with E-state index in [2.05, 4.69) is 235 Å². The molecule has 10 rings (SSSR count). The quantitative estimate of drug-likeness (QED) is 0.166. The van der Waals surface area contributed by atoms with Crippen molar-refractivity contribution >= 4 is 38.8 Å². The second-order valence-corrected chi connectivity index (χ2v) is 14.3. The summed E-state index contributed by atoms with van der Waals surface area (Å²) in [6, 6.07) is 70.0. The lowest BCUT2D eigenvalue weighted by atomic mass is 9.94. The fourth-order valence-electron chi connectivity index (χ4n) is 8.19. The topological polar surface area (TPSA) is 8.17 Å². The maximum Gasteiger partial charge on any atom is 0.0619 e. The molecule has 0 amide bonds. The monoisotopic (exact) mass is 714 g/mol. The van der Waals surface area contributed by atoms with Gasteiger partial charge in [0.15, 0.2) is 0 Å². The summed E-state index contributed by atoms with van der Waals surface area (Å²) < 4.78 is 2.44. The van der Waals surface area contributed by atoms with Gasteiger partial charge in [-0.2, -0.15) is 0 Å². The number of anilines is 2. The number of fused-ring (bicyclic) bond motifs is 4. The van der Waals surface area contributed by atoms with Gasteiger partial charge < -0.3 is 9.47 Å². The molecule has 1 aromatic heterocycles. The molecule has 0 aliphatic carbocycles. The molecule has 0 N–H and O–H groups in total. The summed E-state index contributed by atoms with van der Waals surface area (Å²) in [5.41, 5.74) is 17.1. The zero-order valence-electron chi connectivity index (χ0n) is 30.9. The average Bonchev–Trinajstić information content (AvgIpc) is 3.61. The summed E-state index contributed by atoms with van der Waals surface area (Å²) in [6.07, 6.45) is 8.46. The van der Waals surface area contributed by atoms with E-state index < -0.39 is 0 Å². The van der Waals surface area contributed by atoms with E-state index in [1.54, 1.807) is 0 Å². The maximum atomic E-state index is 4.60. The Balaban J connectivity index is 1.16. The van der Waals surface area contributed by atoms with E-state index in [0.29, 0.717) is 0 Å². The minimum atomic E-state index is 0.960. The highest BCUT2D eigenvalue weighted by Crippen LogP contribution is 2.43. The van der Waals surface area contributed by atoms with Crippen LogP contribution in [-0.4, -0.2) is 4.57 Å². The van der Waals surface area contributed by atoms with Crippen LogP contribution in [0.4, 0.5) is 11.4 Å². The molecule has 0 atom stereocenters. The molecule has 2 heterocycles. The summed E-state index contributed by atoms with van der Waals surface area (Å²) in [6.45, 7) is 4.60. The number of nitrogens with zero attached hydrogens (tertiary/aromatic N) is 2. The molecule has 0 unspecified atom stereocenters. The number of rotatable bonds is 6. The van der Waals surface area contributed by atoms with Crippen LogP contribution in [0.15, 0.2) is 225 Å². The van der Waals surface area contributed by atoms with Crippen molar-refractivity contribution in [2.75, 3.05) is 4.90 Å². The number of benzene rings is 8. The van der Waals surface area contributed by atoms with E-state index in [1.807, 2.05) is 0 Å². The molecule has 0 saturated carbocycles. The standard InChI is InChI=1S/C54H38N2/c1-38-17-13-14-32-55(47-35-44(40-20-7-3-8-21-40)33-45(36-47)41-22-9-4-10-23-41)52-31-30-43(37-51(38)52)48-27-16-28-50-49-26-11-12-29-53(49)56(54(48)50)46-25-15-24-42(34-46)39-18-5-2-6-19-39/h2-37H,1H2/b17-13-,32-14-. The first-order valence-electron chi connectivity index (χ1n) is 19.1. The van der Waals surface area contributed by atoms with E-state index in [9.17, 15) is 0 Å². The molecule has 0 radical (unpaired) electrons. The number of aromatic nitrogens is 1. The lowest BCUT2D eigenvalue weighted by Gasteiger charge is -2.27. The van der Waals surface area contributed by atoms with Crippen molar-refractivity contribution in [2.24, 2.45) is 0 Å². The summed E-state index contributed by atoms with van der Waals surface area (Å²) in [7, 11) is 0. The Hall–Kier alpha value is -7.42. The Morgan fingerprint density at radius 1 is 0.375 bits per heavy atom. The molecule has 8 aromatic carbocycles. The predicted octanol–water partition coefficient (Wildman–Crippen LogP) is 14.7. The second-order valence-electron chi connectivity index (χ2n) is 14.3. The summed E-state index contributed by atoms with van der Waals surface area (Å²) in [5, 5.41) is 2.46. The van der Waals surface area contributed by atoms with Gasteiger partial charge in [0.1, 0.15) is 0 Å². The van der Waals surface area contributed by atoms with E-state index in [-0.39, 0.29) is 0 Å². The second kappa shape index (κ2) is 14.1. The molecule has 1 aliphatic rings. The molecule has 2 heteroatoms. The predicted molar refractivity (Wildman–Crippen MR) is 238 cm³/mol. The Morgan fingerprint density at radius 2 is 0.964 bits per heavy atom. The van der Waals surface area contributed by atoms with Gasteiger partial charge in [-0.3, -0.25) is 0 Å². The van der Waals surface area contributed by atoms with Crippen LogP contribution in [0, 0.1) is 0 Å². The Kier molecular flexibility index (Phi) is 8.35. The summed E-state index contributed by atoms with van der Waals surface area (Å²) in [4.78, 5) is 2.30. The van der Waals surface area contributed by atoms with Crippen molar-refractivity contribution in [3.8, 4) is 50.2 Å². The summed E-state index contributed by atoms with van der Waals surface area (Å²) >= 11 is 0. The van der Waals surface area contributed by atoms with Crippen molar-refractivity contribution in [1.29, 1.82) is 0 Å². The van der Waals surface area contributed by atoms with Crippen LogP contribution < -0.4 is 4.90 Å². The zero-order chi connectivity index (χ0) is 37.4. The SMILES string of the molecule is C=C1/C=C\C=C/N(c2cc(-c3ccccc3)cc(-c3ccccc3)c2)c2ccc(-c3cccc4c5ccccc5n(-c5cccc(-c6ccccc6)c5)c34)cc21. The number of hydrogen-bond donors (Lipinski definition) is 0. The van der Waals surface area contributed by atoms with Crippen molar-refractivity contribution in [3.05, 3.63) is 231 Å². The molecule has 264 valence electrons. The molecule has 9 aromatic rings. The van der Waals surface area contributed by atoms with Gasteiger partial charge in [-0.1, -0.05) is 164 Å². The Labute approximate surface area is 327 Å². The molecule has 0 saturated heterocycles. The van der Waals surface area contributed by atoms with Crippen LogP contribution in [0.3, 0.4) is 0 Å². The minimum absolute atomic E-state index is 0.960. The third kappa shape index (κ3) is 5.95. The van der Waals surface area contributed by atoms with Gasteiger partial charge in [-0.15, -0.1) is 0 Å². The van der Waals surface area contributed by atoms with Gasteiger partial charge in [0, 0.05) is 39.5 Å². The van der Waals surface area contributed by atoms with Crippen molar-refractivity contribution in [2.45, 2.75) is 0 Å². The molecule has 56 heavy (non-hydrogen) atoms. The van der Waals surface area contributed by atoms with E-state index in [1.165, 1.54) is 60.8 Å². The number of allylic oxidation sites excluding steroid dienone is 4. The van der Waals surface area contributed by atoms with Crippen LogP contribution >= 0.6 is 0 Å². The van der Waals surface area contributed by atoms with Gasteiger partial charge in [0.25, 0.3) is 0 Å². The molecule has 0 fully saturated rings. The average molecular weight is 715 g/mol. The fraction of sp³-hybridized carbons (Fsp3) is 0. The first-order chi connectivity index (χ1) is 27.7. The van der Waals surface area contributed by atoms with Crippen LogP contribution in [0.1, 0.15) is 5.56 Å². The minimum Gasteiger partial charge on any atom is -0.317 e. The van der Waals surface area contributed by atoms with Crippen molar-refractivity contribution in [3.63, 3.8) is 0 Å². The lowest BCUT2D eigenvalue weighted by molar-refractivity contribution is 1.18. The van der Waals surface area contributed by atoms with Crippen LogP contribution in [-0.2, 0) is 0 Å². The van der Waals surface area contributed by atoms with E-state index in [4.69, 9.17) is 0 Å². The third-order valence-electron chi connectivity index (χ3n) is 10.9. The van der Waals surface area contributed by atoms with Crippen molar-refractivity contribution < 1.29 is 0 Å². The molecule has 1 aliphatic heterocycles. The fourth-order valence-corrected chi connectivity index (χ4v) is 8.19. The number of hydrogen-bond acceptors (Lipinski definition) is 1. The van der Waals surface area contributed by atoms with Crippen LogP contribution in [0.2, 0.25) is 0 Å². The number of para-hydroxylation sites is 2. The van der Waals surface area contributed by atoms with Gasteiger partial charge in [0.05, 0.1) is 16.7 Å². The lowest BCUT2D eigenvalue weighted by Crippen LogP contribution is -2.12. The normalized spacial score (nSPS) is 13.6. The van der Waals surface area contributed by atoms with E-state index >= 15 is 0 Å². The van der Waals surface area contributed by atoms with Crippen LogP contribution in [0.25, 0.3) is 77.6 Å². The Morgan fingerprint density at radius 3 is 1.68 bits per heavy atom. The van der Waals surface area contributed by atoms with Gasteiger partial charge in [-0.05, 0) is 99.1 Å². The largest absolute Gasteiger partial charge is 0.317 e. The summed E-state index contributed by atoms with van der Waals surface area (Å²) in [5.74, 6) is 0. The molecule has 0 spiro atoms. The Bertz CT molecular complexity index is 2910. The first kappa shape index (κ1) is 33.2. The van der Waals surface area contributed by atoms with Gasteiger partial charge in [-0.25, -0.2) is 0 Å². The van der Waals surface area contributed by atoms with Crippen molar-refractivity contribution in [1.82, 2.24) is 4.57 Å². The third-order valence-corrected chi connectivity index (χ3v) is 10.9. The first-order valence-corrected chi connectivity index (χ1v) is 19.1. The highest BCUT2D eigenvalue weighted by Gasteiger charge is 2.21. The molecular weight excluding hydrogens is 677 g/mol. The molecular formula is C54H38N2. The molecule has 0 bridgehead atoms. The highest BCUT2D eigenvalue weighted by atomic mass is 15.1. The van der Waals surface area contributed by atoms with Crippen LogP contribution in [0.5, 0.6) is 0 Å². The highest BCUT2D eigenvalue weighted by molar-refractivity contribution is 6.14. The smallest absolute Gasteiger partial charge is 0.0619 e. The van der Waals surface area contributed by atoms with E-state index in [0.717, 1.165) is 33.8 Å². The van der Waals surface area contributed by atoms with Gasteiger partial charge >= 0.3 is 0 Å². The molecule has 2 nitrogen and oxygen atoms in total. The maximum absolute atomic E-state index is 4.60. The zero-order valence-corrected chi connectivity index (χ0v) is 30.9. The van der Waals surface area contributed by atoms with Gasteiger partial charge in [0.2, 0.25) is 0 Å².